The van der Waals surface area contributed by atoms with E-state index in [9.17, 15) is 14.4 Å². The molecule has 0 radical (unpaired) electrons. The van der Waals surface area contributed by atoms with Crippen LogP contribution in [0.2, 0.25) is 0 Å². The summed E-state index contributed by atoms with van der Waals surface area (Å²) in [6.45, 7) is 0.157. The number of hydrogen-bond acceptors (Lipinski definition) is 3. The third-order valence-corrected chi connectivity index (χ3v) is 5.78. The molecule has 5 heteroatoms. The molecule has 1 aliphatic heterocycles. The van der Waals surface area contributed by atoms with Gasteiger partial charge in [-0.1, -0.05) is 61.4 Å². The van der Waals surface area contributed by atoms with Crippen molar-refractivity contribution in [2.45, 2.75) is 32.1 Å². The summed E-state index contributed by atoms with van der Waals surface area (Å²) in [7, 11) is 0. The molecule has 2 unspecified atom stereocenters. The molecule has 2 atom stereocenters. The van der Waals surface area contributed by atoms with Gasteiger partial charge in [0.2, 0.25) is 17.7 Å². The molecule has 144 valence electrons. The van der Waals surface area contributed by atoms with Gasteiger partial charge in [-0.2, -0.15) is 0 Å². The monoisotopic (exact) mass is 376 g/mol. The van der Waals surface area contributed by atoms with Crippen molar-refractivity contribution in [1.29, 1.82) is 0 Å². The molecular formula is C23H24N2O3. The second-order valence-electron chi connectivity index (χ2n) is 7.54. The first kappa shape index (κ1) is 18.4. The summed E-state index contributed by atoms with van der Waals surface area (Å²) in [4.78, 5) is 38.9. The zero-order valence-electron chi connectivity index (χ0n) is 15.8. The van der Waals surface area contributed by atoms with Crippen LogP contribution in [0.5, 0.6) is 0 Å². The third kappa shape index (κ3) is 3.57. The Morgan fingerprint density at radius 2 is 1.50 bits per heavy atom. The van der Waals surface area contributed by atoms with Gasteiger partial charge in [-0.25, -0.2) is 0 Å². The molecule has 3 amide bonds. The summed E-state index contributed by atoms with van der Waals surface area (Å²) in [6.07, 6.45) is 3.71. The van der Waals surface area contributed by atoms with Crippen molar-refractivity contribution in [3.63, 3.8) is 0 Å². The van der Waals surface area contributed by atoms with Crippen molar-refractivity contribution in [2.24, 2.45) is 11.8 Å². The van der Waals surface area contributed by atoms with Gasteiger partial charge >= 0.3 is 0 Å². The van der Waals surface area contributed by atoms with Crippen LogP contribution in [-0.2, 0) is 14.4 Å². The molecular weight excluding hydrogens is 352 g/mol. The van der Waals surface area contributed by atoms with Crippen LogP contribution in [0.4, 0.5) is 5.69 Å². The predicted molar refractivity (Wildman–Crippen MR) is 107 cm³/mol. The average molecular weight is 376 g/mol. The van der Waals surface area contributed by atoms with Gasteiger partial charge in [0.1, 0.15) is 0 Å². The standard InChI is InChI=1S/C23H24N2O3/c26-21(14-15-25-22(27)18-11-4-5-12-19(18)23(25)28)24-20-13-7-6-10-17(20)16-8-2-1-3-9-16/h1-3,6-10,13,18-19H,4-5,11-12,14-15H2,(H,24,26). The molecule has 28 heavy (non-hydrogen) atoms. The zero-order valence-corrected chi connectivity index (χ0v) is 15.8. The van der Waals surface area contributed by atoms with E-state index < -0.39 is 0 Å². The Kier molecular flexibility index (Phi) is 5.24. The lowest BCUT2D eigenvalue weighted by molar-refractivity contribution is -0.140. The van der Waals surface area contributed by atoms with Crippen LogP contribution in [-0.4, -0.2) is 29.2 Å². The Bertz CT molecular complexity index is 870. The number of benzene rings is 2. The molecule has 0 aromatic heterocycles. The van der Waals surface area contributed by atoms with Crippen molar-refractivity contribution in [3.05, 3.63) is 54.6 Å². The Morgan fingerprint density at radius 3 is 2.18 bits per heavy atom. The average Bonchev–Trinajstić information content (AvgIpc) is 2.98. The maximum atomic E-state index is 12.5. The van der Waals surface area contributed by atoms with Crippen molar-refractivity contribution < 1.29 is 14.4 Å². The Labute approximate surface area is 164 Å². The van der Waals surface area contributed by atoms with Crippen LogP contribution in [0.1, 0.15) is 32.1 Å². The van der Waals surface area contributed by atoms with Gasteiger partial charge < -0.3 is 5.32 Å². The van der Waals surface area contributed by atoms with E-state index in [4.69, 9.17) is 0 Å². The number of amides is 3. The van der Waals surface area contributed by atoms with Crippen LogP contribution in [0, 0.1) is 11.8 Å². The minimum absolute atomic E-state index is 0.0906. The number of fused-ring (bicyclic) bond motifs is 1. The normalized spacial score (nSPS) is 21.5. The maximum absolute atomic E-state index is 12.5. The van der Waals surface area contributed by atoms with Gasteiger partial charge in [-0.15, -0.1) is 0 Å². The van der Waals surface area contributed by atoms with E-state index in [-0.39, 0.29) is 42.5 Å². The molecule has 4 rings (SSSR count). The number of nitrogens with one attached hydrogen (secondary N) is 1. The van der Waals surface area contributed by atoms with E-state index in [2.05, 4.69) is 5.32 Å². The first-order valence-corrected chi connectivity index (χ1v) is 9.94. The molecule has 1 saturated carbocycles. The first-order chi connectivity index (χ1) is 13.6. The van der Waals surface area contributed by atoms with Crippen LogP contribution in [0.15, 0.2) is 54.6 Å². The lowest BCUT2D eigenvalue weighted by Crippen LogP contribution is -2.34. The first-order valence-electron chi connectivity index (χ1n) is 9.94. The summed E-state index contributed by atoms with van der Waals surface area (Å²) >= 11 is 0. The molecule has 1 heterocycles. The molecule has 0 bridgehead atoms. The summed E-state index contributed by atoms with van der Waals surface area (Å²) in [5.74, 6) is -0.704. The van der Waals surface area contributed by atoms with Crippen molar-refractivity contribution in [3.8, 4) is 11.1 Å². The second kappa shape index (κ2) is 7.97. The lowest BCUT2D eigenvalue weighted by atomic mass is 9.81. The molecule has 1 N–H and O–H groups in total. The predicted octanol–water partition coefficient (Wildman–Crippen LogP) is 3.86. The van der Waals surface area contributed by atoms with Gasteiger partial charge in [0.15, 0.2) is 0 Å². The maximum Gasteiger partial charge on any atom is 0.233 e. The number of para-hydroxylation sites is 1. The molecule has 1 aliphatic carbocycles. The van der Waals surface area contributed by atoms with Gasteiger partial charge in [0.05, 0.1) is 11.8 Å². The van der Waals surface area contributed by atoms with Gasteiger partial charge in [-0.3, -0.25) is 19.3 Å². The summed E-state index contributed by atoms with van der Waals surface area (Å²) in [5, 5.41) is 2.94. The fourth-order valence-electron chi connectivity index (χ4n) is 4.34. The highest BCUT2D eigenvalue weighted by molar-refractivity contribution is 6.05. The van der Waals surface area contributed by atoms with E-state index in [0.29, 0.717) is 0 Å². The second-order valence-corrected chi connectivity index (χ2v) is 7.54. The number of likely N-dealkylation sites (tertiary alicyclic amines) is 1. The number of nitrogens with zero attached hydrogens (tertiary/aromatic N) is 1. The third-order valence-electron chi connectivity index (χ3n) is 5.78. The molecule has 1 saturated heterocycles. The topological polar surface area (TPSA) is 66.5 Å². The van der Waals surface area contributed by atoms with E-state index in [1.807, 2.05) is 54.6 Å². The Balaban J connectivity index is 1.41. The minimum Gasteiger partial charge on any atom is -0.325 e. The molecule has 5 nitrogen and oxygen atoms in total. The Morgan fingerprint density at radius 1 is 0.893 bits per heavy atom. The quantitative estimate of drug-likeness (QED) is 0.806. The molecule has 2 fully saturated rings. The lowest BCUT2D eigenvalue weighted by Gasteiger charge is -2.19. The van der Waals surface area contributed by atoms with Crippen LogP contribution in [0.3, 0.4) is 0 Å². The van der Waals surface area contributed by atoms with E-state index in [1.165, 1.54) is 4.90 Å². The molecule has 2 aliphatic rings. The smallest absolute Gasteiger partial charge is 0.233 e. The molecule has 0 spiro atoms. The van der Waals surface area contributed by atoms with Crippen LogP contribution in [0.25, 0.3) is 11.1 Å². The van der Waals surface area contributed by atoms with Gasteiger partial charge in [0, 0.05) is 24.2 Å². The molecule has 2 aromatic rings. The number of carbonyl (C=O) groups is 3. The number of carbonyl (C=O) groups excluding carboxylic acids is 3. The zero-order chi connectivity index (χ0) is 19.5. The van der Waals surface area contributed by atoms with Crippen molar-refractivity contribution in [1.82, 2.24) is 4.90 Å². The van der Waals surface area contributed by atoms with Crippen molar-refractivity contribution in [2.75, 3.05) is 11.9 Å². The number of anilines is 1. The number of rotatable bonds is 5. The van der Waals surface area contributed by atoms with E-state index >= 15 is 0 Å². The van der Waals surface area contributed by atoms with Gasteiger partial charge in [0.25, 0.3) is 0 Å². The minimum atomic E-state index is -0.196. The molecule has 2 aromatic carbocycles. The highest BCUT2D eigenvalue weighted by Crippen LogP contribution is 2.38. The summed E-state index contributed by atoms with van der Waals surface area (Å²) < 4.78 is 0. The SMILES string of the molecule is O=C(CCN1C(=O)C2CCCCC2C1=O)Nc1ccccc1-c1ccccc1. The van der Waals surface area contributed by atoms with Crippen LogP contribution < -0.4 is 5.32 Å². The number of hydrogen-bond donors (Lipinski definition) is 1. The summed E-state index contributed by atoms with van der Waals surface area (Å²) in [6, 6.07) is 17.5. The largest absolute Gasteiger partial charge is 0.325 e. The van der Waals surface area contributed by atoms with E-state index in [1.54, 1.807) is 0 Å². The highest BCUT2D eigenvalue weighted by atomic mass is 16.2. The van der Waals surface area contributed by atoms with Crippen LogP contribution >= 0.6 is 0 Å². The highest BCUT2D eigenvalue weighted by Gasteiger charge is 2.47. The summed E-state index contributed by atoms with van der Waals surface area (Å²) in [5.41, 5.74) is 2.69. The van der Waals surface area contributed by atoms with Gasteiger partial charge in [-0.05, 0) is 24.5 Å². The Hall–Kier alpha value is -2.95. The number of imide groups is 1. The van der Waals surface area contributed by atoms with E-state index in [0.717, 1.165) is 42.5 Å². The fraction of sp³-hybridized carbons (Fsp3) is 0.348. The van der Waals surface area contributed by atoms with Crippen molar-refractivity contribution >= 4 is 23.4 Å². The fourth-order valence-corrected chi connectivity index (χ4v) is 4.34.